The van der Waals surface area contributed by atoms with Gasteiger partial charge in [0.2, 0.25) is 0 Å². The summed E-state index contributed by atoms with van der Waals surface area (Å²) in [6.45, 7) is 4.68. The van der Waals surface area contributed by atoms with Gasteiger partial charge in [-0.2, -0.15) is 10.2 Å². The summed E-state index contributed by atoms with van der Waals surface area (Å²) in [6, 6.07) is 6.37. The number of nitrogens with one attached hydrogen (secondary N) is 2. The Hall–Kier alpha value is -3.07. The average molecular weight is 496 g/mol. The standard InChI is InChI=1S/C23H23BrFN7/c1-13-21(24)14(2)32(29-13)20-11-19(26)28-23-18(9-10-27-20)22(16-5-7-17(25)8-6-16)30-31(23)12-15-3-4-15/h5-8,10-11,15H,3-4,9,12H2,1-2H3,(H2,26,28)/b20-11+,27-10-. The number of hydrogen-bond acceptors (Lipinski definition) is 4. The largest absolute Gasteiger partial charge is 0.325 e. The van der Waals surface area contributed by atoms with Crippen molar-refractivity contribution in [3.05, 3.63) is 57.6 Å². The van der Waals surface area contributed by atoms with Gasteiger partial charge in [-0.05, 0) is 72.8 Å². The lowest BCUT2D eigenvalue weighted by Gasteiger charge is -2.10. The van der Waals surface area contributed by atoms with E-state index in [1.54, 1.807) is 22.9 Å². The molecule has 1 aliphatic heterocycles. The molecule has 0 spiro atoms. The van der Waals surface area contributed by atoms with Crippen LogP contribution in [0.3, 0.4) is 0 Å². The molecule has 3 aromatic rings. The van der Waals surface area contributed by atoms with Crippen LogP contribution in [0.4, 0.5) is 10.2 Å². The van der Waals surface area contributed by atoms with E-state index in [4.69, 9.17) is 10.5 Å². The highest BCUT2D eigenvalue weighted by molar-refractivity contribution is 9.10. The number of nitrogens with zero attached hydrogens (tertiary/aromatic N) is 5. The van der Waals surface area contributed by atoms with Crippen LogP contribution in [0, 0.1) is 31.0 Å². The Morgan fingerprint density at radius 3 is 2.59 bits per heavy atom. The Bertz CT molecular complexity index is 1260. The quantitative estimate of drug-likeness (QED) is 0.522. The minimum atomic E-state index is -0.280. The van der Waals surface area contributed by atoms with Crippen molar-refractivity contribution in [2.24, 2.45) is 10.9 Å². The van der Waals surface area contributed by atoms with Gasteiger partial charge in [-0.15, -0.1) is 0 Å². The molecule has 0 bridgehead atoms. The normalized spacial score (nSPS) is 18.8. The van der Waals surface area contributed by atoms with Crippen molar-refractivity contribution in [3.63, 3.8) is 0 Å². The summed E-state index contributed by atoms with van der Waals surface area (Å²) in [7, 11) is 0. The van der Waals surface area contributed by atoms with Crippen LogP contribution in [-0.4, -0.2) is 31.6 Å². The van der Waals surface area contributed by atoms with E-state index in [9.17, 15) is 4.39 Å². The van der Waals surface area contributed by atoms with Crippen molar-refractivity contribution in [1.82, 2.24) is 19.6 Å². The van der Waals surface area contributed by atoms with Gasteiger partial charge >= 0.3 is 0 Å². The summed E-state index contributed by atoms with van der Waals surface area (Å²) in [5, 5.41) is 21.3. The molecule has 9 heteroatoms. The van der Waals surface area contributed by atoms with E-state index in [2.05, 4.69) is 31.3 Å². The molecule has 7 nitrogen and oxygen atoms in total. The molecule has 1 fully saturated rings. The number of aryl methyl sites for hydroxylation is 1. The second kappa shape index (κ2) is 8.12. The van der Waals surface area contributed by atoms with Crippen LogP contribution in [-0.2, 0) is 13.0 Å². The Morgan fingerprint density at radius 1 is 1.19 bits per heavy atom. The van der Waals surface area contributed by atoms with Gasteiger partial charge in [0.25, 0.3) is 0 Å². The lowest BCUT2D eigenvalue weighted by molar-refractivity contribution is 0.571. The second-order valence-corrected chi connectivity index (χ2v) is 9.05. The third-order valence-corrected chi connectivity index (χ3v) is 6.91. The predicted molar refractivity (Wildman–Crippen MR) is 128 cm³/mol. The predicted octanol–water partition coefficient (Wildman–Crippen LogP) is 5.19. The molecular formula is C23H23BrFN7. The maximum Gasteiger partial charge on any atom is 0.156 e. The van der Waals surface area contributed by atoms with Gasteiger partial charge in [-0.25, -0.2) is 18.7 Å². The highest BCUT2D eigenvalue weighted by Crippen LogP contribution is 2.35. The summed E-state index contributed by atoms with van der Waals surface area (Å²) >= 11 is 3.56. The number of aromatic nitrogens is 4. The Balaban J connectivity index is 1.58. The van der Waals surface area contributed by atoms with Crippen molar-refractivity contribution < 1.29 is 4.39 Å². The summed E-state index contributed by atoms with van der Waals surface area (Å²) in [4.78, 5) is 4.65. The van der Waals surface area contributed by atoms with Gasteiger partial charge in [0.15, 0.2) is 5.82 Å². The SMILES string of the molecule is Cc1nn(C2=C/C(=N)Nc3c(c(-c4ccc(F)cc4)nn3CC3CC3)C/C=N\2)c(C)c1Br. The molecule has 0 radical (unpaired) electrons. The minimum Gasteiger partial charge on any atom is -0.325 e. The first-order valence-electron chi connectivity index (χ1n) is 10.6. The number of aliphatic imine (C=N–C) groups is 1. The highest BCUT2D eigenvalue weighted by atomic mass is 79.9. The molecule has 164 valence electrons. The van der Waals surface area contributed by atoms with Gasteiger partial charge in [-0.3, -0.25) is 5.41 Å². The number of rotatable bonds is 4. The minimum absolute atomic E-state index is 0.201. The maximum atomic E-state index is 13.5. The van der Waals surface area contributed by atoms with E-state index in [0.717, 1.165) is 45.0 Å². The fraction of sp³-hybridized carbons (Fsp3) is 0.304. The van der Waals surface area contributed by atoms with E-state index >= 15 is 0 Å². The molecule has 0 amide bonds. The lowest BCUT2D eigenvalue weighted by Crippen LogP contribution is -2.15. The number of amidine groups is 1. The van der Waals surface area contributed by atoms with E-state index in [-0.39, 0.29) is 11.7 Å². The molecule has 1 saturated carbocycles. The molecule has 3 heterocycles. The Kier molecular flexibility index (Phi) is 5.28. The molecule has 0 saturated heterocycles. The van der Waals surface area contributed by atoms with Crippen LogP contribution in [0.1, 0.15) is 29.8 Å². The van der Waals surface area contributed by atoms with E-state index in [1.807, 2.05) is 24.7 Å². The molecular weight excluding hydrogens is 473 g/mol. The number of benzene rings is 1. The molecule has 1 aliphatic carbocycles. The zero-order valence-corrected chi connectivity index (χ0v) is 19.4. The van der Waals surface area contributed by atoms with E-state index in [1.165, 1.54) is 25.0 Å². The number of halogens is 2. The molecule has 2 N–H and O–H groups in total. The van der Waals surface area contributed by atoms with Gasteiger partial charge in [0, 0.05) is 36.4 Å². The van der Waals surface area contributed by atoms with E-state index < -0.39 is 0 Å². The smallest absolute Gasteiger partial charge is 0.156 e. The fourth-order valence-electron chi connectivity index (χ4n) is 3.87. The van der Waals surface area contributed by atoms with Crippen molar-refractivity contribution in [2.45, 2.75) is 39.7 Å². The fourth-order valence-corrected chi connectivity index (χ4v) is 4.12. The third-order valence-electron chi connectivity index (χ3n) is 5.76. The average Bonchev–Trinajstić information content (AvgIpc) is 3.46. The monoisotopic (exact) mass is 495 g/mol. The second-order valence-electron chi connectivity index (χ2n) is 8.26. The topological polar surface area (TPSA) is 83.9 Å². The number of fused-ring (bicyclic) bond motifs is 1. The van der Waals surface area contributed by atoms with Crippen LogP contribution in [0.25, 0.3) is 17.1 Å². The first-order valence-corrected chi connectivity index (χ1v) is 11.4. The summed E-state index contributed by atoms with van der Waals surface area (Å²) < 4.78 is 18.1. The maximum absolute atomic E-state index is 13.5. The zero-order chi connectivity index (χ0) is 22.4. The Labute approximate surface area is 193 Å². The van der Waals surface area contributed by atoms with Crippen LogP contribution in [0.2, 0.25) is 0 Å². The molecule has 0 unspecified atom stereocenters. The molecule has 0 atom stereocenters. The van der Waals surface area contributed by atoms with Crippen LogP contribution in [0.15, 0.2) is 39.8 Å². The van der Waals surface area contributed by atoms with Gasteiger partial charge < -0.3 is 5.32 Å². The van der Waals surface area contributed by atoms with Crippen LogP contribution >= 0.6 is 15.9 Å². The number of hydrogen-bond donors (Lipinski definition) is 2. The van der Waals surface area contributed by atoms with Gasteiger partial charge in [0.05, 0.1) is 21.6 Å². The van der Waals surface area contributed by atoms with Crippen molar-refractivity contribution in [1.29, 1.82) is 5.41 Å². The number of anilines is 1. The van der Waals surface area contributed by atoms with Crippen LogP contribution < -0.4 is 5.32 Å². The third kappa shape index (κ3) is 3.92. The van der Waals surface area contributed by atoms with Gasteiger partial charge in [-0.1, -0.05) is 0 Å². The molecule has 1 aromatic carbocycles. The van der Waals surface area contributed by atoms with Crippen molar-refractivity contribution in [2.75, 3.05) is 5.32 Å². The molecule has 32 heavy (non-hydrogen) atoms. The summed E-state index contributed by atoms with van der Waals surface area (Å²) in [6.07, 6.45) is 6.40. The lowest BCUT2D eigenvalue weighted by atomic mass is 10.1. The van der Waals surface area contributed by atoms with Crippen molar-refractivity contribution in [3.8, 4) is 11.3 Å². The summed E-state index contributed by atoms with van der Waals surface area (Å²) in [5.41, 5.74) is 4.34. The summed E-state index contributed by atoms with van der Waals surface area (Å²) in [5.74, 6) is 1.88. The zero-order valence-electron chi connectivity index (χ0n) is 17.9. The first-order chi connectivity index (χ1) is 15.4. The van der Waals surface area contributed by atoms with Crippen molar-refractivity contribution >= 4 is 39.6 Å². The molecule has 2 aliphatic rings. The molecule has 5 rings (SSSR count). The van der Waals surface area contributed by atoms with E-state index in [0.29, 0.717) is 18.2 Å². The van der Waals surface area contributed by atoms with Crippen LogP contribution in [0.5, 0.6) is 0 Å². The first kappa shape index (κ1) is 20.8. The van der Waals surface area contributed by atoms with Gasteiger partial charge in [0.1, 0.15) is 17.5 Å². The highest BCUT2D eigenvalue weighted by Gasteiger charge is 2.27. The Morgan fingerprint density at radius 2 is 1.94 bits per heavy atom. The molecule has 2 aromatic heterocycles.